The van der Waals surface area contributed by atoms with Crippen LogP contribution in [0.2, 0.25) is 0 Å². The second kappa shape index (κ2) is 10.3. The number of rotatable bonds is 9. The molecule has 0 amide bonds. The fourth-order valence-corrected chi connectivity index (χ4v) is 4.87. The lowest BCUT2D eigenvalue weighted by Crippen LogP contribution is -2.42. The largest absolute Gasteiger partial charge is 0.425 e. The highest BCUT2D eigenvalue weighted by atomic mass is 32.2. The van der Waals surface area contributed by atoms with Gasteiger partial charge in [-0.25, -0.2) is 18.0 Å². The van der Waals surface area contributed by atoms with Crippen molar-refractivity contribution in [1.82, 2.24) is 4.72 Å². The smallest absolute Gasteiger partial charge is 0.339 e. The minimum atomic E-state index is -3.90. The molecule has 0 fully saturated rings. The molecule has 8 heteroatoms. The van der Waals surface area contributed by atoms with Crippen molar-refractivity contribution in [2.24, 2.45) is 0 Å². The van der Waals surface area contributed by atoms with Crippen molar-refractivity contribution in [2.75, 3.05) is 0 Å². The number of nitrogens with one attached hydrogen (secondary N) is 1. The topological polar surface area (TPSA) is 103 Å². The number of esters is 1. The van der Waals surface area contributed by atoms with E-state index in [2.05, 4.69) is 4.72 Å². The maximum Gasteiger partial charge on any atom is 0.339 e. The number of ether oxygens (including phenoxy) is 1. The third-order valence-corrected chi connectivity index (χ3v) is 6.96. The fraction of sp³-hybridized carbons (Fsp3) is 0.360. The molecule has 0 radical (unpaired) electrons. The molecule has 7 nitrogen and oxygen atoms in total. The van der Waals surface area contributed by atoms with Crippen molar-refractivity contribution >= 4 is 27.0 Å². The van der Waals surface area contributed by atoms with Crippen LogP contribution in [0.25, 0.3) is 11.0 Å². The summed E-state index contributed by atoms with van der Waals surface area (Å²) in [6.45, 7) is 7.57. The summed E-state index contributed by atoms with van der Waals surface area (Å²) < 4.78 is 38.9. The molecule has 2 aromatic carbocycles. The summed E-state index contributed by atoms with van der Waals surface area (Å²) in [5.41, 5.74) is 2.33. The summed E-state index contributed by atoms with van der Waals surface area (Å²) in [7, 11) is -3.90. The average molecular weight is 472 g/mol. The molecule has 0 saturated heterocycles. The lowest BCUT2D eigenvalue weighted by molar-refractivity contribution is -0.136. The number of carbonyl (C=O) groups is 1. The molecule has 0 saturated carbocycles. The van der Waals surface area contributed by atoms with Gasteiger partial charge in [0.15, 0.2) is 0 Å². The van der Waals surface area contributed by atoms with E-state index in [0.29, 0.717) is 24.0 Å². The van der Waals surface area contributed by atoms with Crippen LogP contribution < -0.4 is 15.1 Å². The average Bonchev–Trinajstić information content (AvgIpc) is 2.76. The monoisotopic (exact) mass is 471 g/mol. The summed E-state index contributed by atoms with van der Waals surface area (Å²) in [4.78, 5) is 25.2. The summed E-state index contributed by atoms with van der Waals surface area (Å²) in [6, 6.07) is 10.1. The third-order valence-electron chi connectivity index (χ3n) is 5.47. The van der Waals surface area contributed by atoms with E-state index in [1.807, 2.05) is 27.7 Å². The van der Waals surface area contributed by atoms with Crippen LogP contribution in [0.3, 0.4) is 0 Å². The SMILES string of the molecule is CCCc1c(C)c2ccc(OC(=O)C(CCC)NS(=O)(=O)c3ccc(C)cc3)cc2oc1=O. The summed E-state index contributed by atoms with van der Waals surface area (Å²) >= 11 is 0. The second-order valence-corrected chi connectivity index (χ2v) is 9.81. The first-order valence-corrected chi connectivity index (χ1v) is 12.5. The Bertz CT molecular complexity index is 1310. The highest BCUT2D eigenvalue weighted by molar-refractivity contribution is 7.89. The van der Waals surface area contributed by atoms with Gasteiger partial charge < -0.3 is 9.15 Å². The lowest BCUT2D eigenvalue weighted by Gasteiger charge is -2.17. The molecule has 33 heavy (non-hydrogen) atoms. The molecule has 0 aliphatic carbocycles. The Morgan fingerprint density at radius 1 is 1.06 bits per heavy atom. The molecule has 3 rings (SSSR count). The number of hydrogen-bond donors (Lipinski definition) is 1. The maximum absolute atomic E-state index is 12.8. The van der Waals surface area contributed by atoms with Gasteiger partial charge in [0.25, 0.3) is 0 Å². The predicted octanol–water partition coefficient (Wildman–Crippen LogP) is 4.41. The van der Waals surface area contributed by atoms with Gasteiger partial charge in [0.1, 0.15) is 17.4 Å². The van der Waals surface area contributed by atoms with Gasteiger partial charge in [-0.1, -0.05) is 44.4 Å². The number of carbonyl (C=O) groups excluding carboxylic acids is 1. The molecule has 1 heterocycles. The molecule has 0 bridgehead atoms. The molecule has 0 aliphatic heterocycles. The van der Waals surface area contributed by atoms with Crippen molar-refractivity contribution in [1.29, 1.82) is 0 Å². The molecule has 1 unspecified atom stereocenters. The van der Waals surface area contributed by atoms with Crippen molar-refractivity contribution in [2.45, 2.75) is 64.3 Å². The molecular weight excluding hydrogens is 442 g/mol. The fourth-order valence-electron chi connectivity index (χ4n) is 3.65. The van der Waals surface area contributed by atoms with Gasteiger partial charge >= 0.3 is 11.6 Å². The van der Waals surface area contributed by atoms with Crippen LogP contribution in [0.15, 0.2) is 56.6 Å². The number of hydrogen-bond acceptors (Lipinski definition) is 6. The van der Waals surface area contributed by atoms with Gasteiger partial charge in [-0.2, -0.15) is 4.72 Å². The number of benzene rings is 2. The van der Waals surface area contributed by atoms with Crippen LogP contribution in [0, 0.1) is 13.8 Å². The van der Waals surface area contributed by atoms with E-state index in [9.17, 15) is 18.0 Å². The van der Waals surface area contributed by atoms with E-state index >= 15 is 0 Å². The molecule has 1 N–H and O–H groups in total. The number of aryl methyl sites for hydroxylation is 2. The molecule has 0 aliphatic rings. The third kappa shape index (κ3) is 5.69. The summed E-state index contributed by atoms with van der Waals surface area (Å²) in [6.07, 6.45) is 2.29. The van der Waals surface area contributed by atoms with E-state index in [0.717, 1.165) is 22.9 Å². The molecule has 1 atom stereocenters. The van der Waals surface area contributed by atoms with E-state index in [1.165, 1.54) is 18.2 Å². The molecule has 1 aromatic heterocycles. The van der Waals surface area contributed by atoms with E-state index < -0.39 is 27.7 Å². The van der Waals surface area contributed by atoms with E-state index in [4.69, 9.17) is 9.15 Å². The Hall–Kier alpha value is -2.97. The number of fused-ring (bicyclic) bond motifs is 1. The van der Waals surface area contributed by atoms with Gasteiger partial charge in [-0.05, 0) is 56.5 Å². The van der Waals surface area contributed by atoms with E-state index in [1.54, 1.807) is 24.3 Å². The van der Waals surface area contributed by atoms with Crippen molar-refractivity contribution in [3.63, 3.8) is 0 Å². The minimum Gasteiger partial charge on any atom is -0.425 e. The van der Waals surface area contributed by atoms with Crippen LogP contribution in [0.1, 0.15) is 49.8 Å². The zero-order valence-corrected chi connectivity index (χ0v) is 20.1. The number of sulfonamides is 1. The first-order chi connectivity index (χ1) is 15.7. The lowest BCUT2D eigenvalue weighted by atomic mass is 10.0. The molecule has 0 spiro atoms. The Kier molecular flexibility index (Phi) is 7.71. The zero-order valence-electron chi connectivity index (χ0n) is 19.3. The molecular formula is C25H29NO6S. The minimum absolute atomic E-state index is 0.0767. The second-order valence-electron chi connectivity index (χ2n) is 8.10. The Labute approximate surface area is 193 Å². The normalized spacial score (nSPS) is 12.6. The first kappa shape index (κ1) is 24.7. The van der Waals surface area contributed by atoms with Gasteiger partial charge in [-0.15, -0.1) is 0 Å². The highest BCUT2D eigenvalue weighted by Crippen LogP contribution is 2.25. The Balaban J connectivity index is 1.84. The Morgan fingerprint density at radius 2 is 1.76 bits per heavy atom. The summed E-state index contributed by atoms with van der Waals surface area (Å²) in [5.74, 6) is -0.553. The van der Waals surface area contributed by atoms with Gasteiger partial charge in [0, 0.05) is 17.0 Å². The summed E-state index contributed by atoms with van der Waals surface area (Å²) in [5, 5.41) is 0.767. The zero-order chi connectivity index (χ0) is 24.2. The predicted molar refractivity (Wildman–Crippen MR) is 127 cm³/mol. The van der Waals surface area contributed by atoms with Crippen LogP contribution in [-0.2, 0) is 21.2 Å². The van der Waals surface area contributed by atoms with Gasteiger partial charge in [0.05, 0.1) is 4.90 Å². The van der Waals surface area contributed by atoms with Crippen molar-refractivity contribution < 1.29 is 22.4 Å². The van der Waals surface area contributed by atoms with E-state index in [-0.39, 0.29) is 17.1 Å². The van der Waals surface area contributed by atoms with Crippen LogP contribution in [0.4, 0.5) is 0 Å². The first-order valence-electron chi connectivity index (χ1n) is 11.0. The molecule has 3 aromatic rings. The highest BCUT2D eigenvalue weighted by Gasteiger charge is 2.27. The van der Waals surface area contributed by atoms with Gasteiger partial charge in [0.2, 0.25) is 10.0 Å². The Morgan fingerprint density at radius 3 is 2.39 bits per heavy atom. The van der Waals surface area contributed by atoms with Crippen molar-refractivity contribution in [3.05, 3.63) is 69.6 Å². The standard InChI is InChI=1S/C25H29NO6S/c1-5-7-21-17(4)20-14-11-18(15-23(20)32-24(21)27)31-25(28)22(8-6-2)26-33(29,30)19-12-9-16(3)10-13-19/h9-15,22,26H,5-8H2,1-4H3. The quantitative estimate of drug-likeness (QED) is 0.282. The van der Waals surface area contributed by atoms with Gasteiger partial charge in [-0.3, -0.25) is 0 Å². The van der Waals surface area contributed by atoms with Crippen LogP contribution >= 0.6 is 0 Å². The van der Waals surface area contributed by atoms with Crippen molar-refractivity contribution in [3.8, 4) is 5.75 Å². The molecule has 176 valence electrons. The maximum atomic E-state index is 12.8. The van der Waals surface area contributed by atoms with Crippen LogP contribution in [0.5, 0.6) is 5.75 Å². The van der Waals surface area contributed by atoms with Crippen LogP contribution in [-0.4, -0.2) is 20.4 Å².